The quantitative estimate of drug-likeness (QED) is 0.721. The Bertz CT molecular complexity index is 201. The zero-order valence-electron chi connectivity index (χ0n) is 7.68. The summed E-state index contributed by atoms with van der Waals surface area (Å²) in [6.45, 7) is 8.61. The van der Waals surface area contributed by atoms with Gasteiger partial charge in [-0.25, -0.2) is 4.98 Å². The van der Waals surface area contributed by atoms with Gasteiger partial charge >= 0.3 is 0 Å². The number of nitrogens with one attached hydrogen (secondary N) is 1. The van der Waals surface area contributed by atoms with Crippen molar-refractivity contribution in [1.29, 1.82) is 0 Å². The van der Waals surface area contributed by atoms with Gasteiger partial charge in [0, 0.05) is 17.8 Å². The van der Waals surface area contributed by atoms with Gasteiger partial charge in [0.15, 0.2) is 0 Å². The molecule has 0 aliphatic heterocycles. The van der Waals surface area contributed by atoms with E-state index in [1.165, 1.54) is 5.69 Å². The topological polar surface area (TPSA) is 28.7 Å². The van der Waals surface area contributed by atoms with Crippen LogP contribution in [0.5, 0.6) is 0 Å². The average molecular weight is 168 g/mol. The molecule has 0 atom stereocenters. The molecular weight excluding hydrogens is 148 g/mol. The molecule has 1 rings (SSSR count). The number of aromatic nitrogens is 2. The molecule has 0 bridgehead atoms. The molecule has 0 aliphatic rings. The van der Waals surface area contributed by atoms with Crippen LogP contribution in [-0.4, -0.2) is 9.97 Å². The summed E-state index contributed by atoms with van der Waals surface area (Å²) in [5.74, 6) is 2.14. The Balaban J connectivity index is 0.00000121. The largest absolute Gasteiger partial charge is 0.345 e. The normalized spacial score (nSPS) is 10.5. The SMILES string of the molecule is C.CC(C)c1cnc(C(C)C)[nH]1. The molecule has 0 amide bonds. The third-order valence-corrected chi connectivity index (χ3v) is 1.78. The van der Waals surface area contributed by atoms with Crippen LogP contribution in [0, 0.1) is 0 Å². The highest BCUT2D eigenvalue weighted by atomic mass is 14.9. The van der Waals surface area contributed by atoms with Gasteiger partial charge in [-0.3, -0.25) is 0 Å². The number of nitrogens with zero attached hydrogens (tertiary/aromatic N) is 1. The molecule has 1 aromatic heterocycles. The molecule has 1 aromatic rings. The highest BCUT2D eigenvalue weighted by molar-refractivity contribution is 5.07. The molecule has 0 saturated heterocycles. The smallest absolute Gasteiger partial charge is 0.108 e. The van der Waals surface area contributed by atoms with Crippen molar-refractivity contribution >= 4 is 0 Å². The first-order valence-corrected chi connectivity index (χ1v) is 4.16. The Morgan fingerprint density at radius 3 is 2.00 bits per heavy atom. The van der Waals surface area contributed by atoms with Crippen molar-refractivity contribution in [3.8, 4) is 0 Å². The Labute approximate surface area is 75.4 Å². The van der Waals surface area contributed by atoms with Gasteiger partial charge in [-0.1, -0.05) is 35.1 Å². The number of hydrogen-bond donors (Lipinski definition) is 1. The van der Waals surface area contributed by atoms with E-state index >= 15 is 0 Å². The number of rotatable bonds is 2. The summed E-state index contributed by atoms with van der Waals surface area (Å²) in [7, 11) is 0. The predicted octanol–water partition coefficient (Wildman–Crippen LogP) is 3.29. The van der Waals surface area contributed by atoms with E-state index in [1.54, 1.807) is 0 Å². The molecule has 0 aromatic carbocycles. The molecule has 0 unspecified atom stereocenters. The van der Waals surface area contributed by atoms with Crippen LogP contribution in [0.15, 0.2) is 6.20 Å². The molecule has 1 heterocycles. The Hall–Kier alpha value is -0.790. The highest BCUT2D eigenvalue weighted by Crippen LogP contribution is 2.15. The minimum Gasteiger partial charge on any atom is -0.345 e. The molecule has 12 heavy (non-hydrogen) atoms. The molecule has 2 heteroatoms. The summed E-state index contributed by atoms with van der Waals surface area (Å²) >= 11 is 0. The van der Waals surface area contributed by atoms with Gasteiger partial charge in [-0.05, 0) is 5.92 Å². The first-order valence-electron chi connectivity index (χ1n) is 4.16. The van der Waals surface area contributed by atoms with Crippen molar-refractivity contribution in [2.45, 2.75) is 47.0 Å². The summed E-state index contributed by atoms with van der Waals surface area (Å²) in [6.07, 6.45) is 1.93. The van der Waals surface area contributed by atoms with E-state index in [4.69, 9.17) is 0 Å². The second-order valence-corrected chi connectivity index (χ2v) is 3.53. The lowest BCUT2D eigenvalue weighted by Gasteiger charge is -2.00. The zero-order valence-corrected chi connectivity index (χ0v) is 7.68. The molecule has 70 valence electrons. The molecule has 0 radical (unpaired) electrons. The second-order valence-electron chi connectivity index (χ2n) is 3.53. The Morgan fingerprint density at radius 1 is 1.17 bits per heavy atom. The van der Waals surface area contributed by atoms with E-state index in [2.05, 4.69) is 37.7 Å². The summed E-state index contributed by atoms with van der Waals surface area (Å²) in [6, 6.07) is 0. The summed E-state index contributed by atoms with van der Waals surface area (Å²) in [5.41, 5.74) is 1.23. The van der Waals surface area contributed by atoms with Crippen LogP contribution in [0.4, 0.5) is 0 Å². The van der Waals surface area contributed by atoms with Crippen LogP contribution in [0.2, 0.25) is 0 Å². The van der Waals surface area contributed by atoms with E-state index in [0.29, 0.717) is 11.8 Å². The Kier molecular flexibility index (Phi) is 4.01. The number of aromatic amines is 1. The lowest BCUT2D eigenvalue weighted by molar-refractivity contribution is 0.771. The maximum absolute atomic E-state index is 4.28. The summed E-state index contributed by atoms with van der Waals surface area (Å²) in [5, 5.41) is 0. The van der Waals surface area contributed by atoms with Crippen LogP contribution in [0.3, 0.4) is 0 Å². The molecule has 0 aliphatic carbocycles. The standard InChI is InChI=1S/C9H16N2.CH4/c1-6(2)8-5-10-9(11-8)7(3)4;/h5-7H,1-4H3,(H,10,11);1H4. The molecule has 2 nitrogen and oxygen atoms in total. The monoisotopic (exact) mass is 168 g/mol. The highest BCUT2D eigenvalue weighted by Gasteiger charge is 2.05. The minimum absolute atomic E-state index is 0. The first-order chi connectivity index (χ1) is 5.11. The van der Waals surface area contributed by atoms with Crippen molar-refractivity contribution in [2.24, 2.45) is 0 Å². The van der Waals surface area contributed by atoms with Gasteiger partial charge in [0.25, 0.3) is 0 Å². The van der Waals surface area contributed by atoms with E-state index < -0.39 is 0 Å². The van der Waals surface area contributed by atoms with E-state index in [-0.39, 0.29) is 7.43 Å². The maximum atomic E-state index is 4.28. The molecule has 0 saturated carbocycles. The van der Waals surface area contributed by atoms with Gasteiger partial charge < -0.3 is 4.98 Å². The first kappa shape index (κ1) is 11.2. The average Bonchev–Trinajstić information content (AvgIpc) is 2.33. The van der Waals surface area contributed by atoms with Gasteiger partial charge in [0.05, 0.1) is 0 Å². The third-order valence-electron chi connectivity index (χ3n) is 1.78. The summed E-state index contributed by atoms with van der Waals surface area (Å²) in [4.78, 5) is 7.58. The van der Waals surface area contributed by atoms with Crippen molar-refractivity contribution in [3.05, 3.63) is 17.7 Å². The molecular formula is C10H20N2. The fraction of sp³-hybridized carbons (Fsp3) is 0.700. The van der Waals surface area contributed by atoms with Crippen LogP contribution in [0.25, 0.3) is 0 Å². The number of imidazole rings is 1. The predicted molar refractivity (Wildman–Crippen MR) is 53.5 cm³/mol. The van der Waals surface area contributed by atoms with Crippen molar-refractivity contribution < 1.29 is 0 Å². The van der Waals surface area contributed by atoms with E-state index in [0.717, 1.165) is 5.82 Å². The Morgan fingerprint density at radius 2 is 1.75 bits per heavy atom. The fourth-order valence-electron chi connectivity index (χ4n) is 0.938. The lowest BCUT2D eigenvalue weighted by Crippen LogP contribution is -1.91. The van der Waals surface area contributed by atoms with Crippen LogP contribution in [0.1, 0.15) is 58.5 Å². The lowest BCUT2D eigenvalue weighted by atomic mass is 10.1. The van der Waals surface area contributed by atoms with E-state index in [1.807, 2.05) is 6.20 Å². The van der Waals surface area contributed by atoms with Crippen LogP contribution in [-0.2, 0) is 0 Å². The van der Waals surface area contributed by atoms with Crippen molar-refractivity contribution in [1.82, 2.24) is 9.97 Å². The van der Waals surface area contributed by atoms with Gasteiger partial charge in [0.2, 0.25) is 0 Å². The van der Waals surface area contributed by atoms with Gasteiger partial charge in [-0.2, -0.15) is 0 Å². The molecule has 0 spiro atoms. The van der Waals surface area contributed by atoms with Gasteiger partial charge in [0.1, 0.15) is 5.82 Å². The summed E-state index contributed by atoms with van der Waals surface area (Å²) < 4.78 is 0. The zero-order chi connectivity index (χ0) is 8.43. The van der Waals surface area contributed by atoms with Crippen molar-refractivity contribution in [3.63, 3.8) is 0 Å². The third kappa shape index (κ3) is 2.36. The van der Waals surface area contributed by atoms with Crippen LogP contribution >= 0.6 is 0 Å². The van der Waals surface area contributed by atoms with E-state index in [9.17, 15) is 0 Å². The molecule has 1 N–H and O–H groups in total. The van der Waals surface area contributed by atoms with Crippen LogP contribution < -0.4 is 0 Å². The number of H-pyrrole nitrogens is 1. The molecule has 0 fully saturated rings. The second kappa shape index (κ2) is 4.29. The number of hydrogen-bond acceptors (Lipinski definition) is 1. The van der Waals surface area contributed by atoms with Crippen molar-refractivity contribution in [2.75, 3.05) is 0 Å². The maximum Gasteiger partial charge on any atom is 0.108 e. The van der Waals surface area contributed by atoms with Gasteiger partial charge in [-0.15, -0.1) is 0 Å². The minimum atomic E-state index is 0. The fourth-order valence-corrected chi connectivity index (χ4v) is 0.938.